The summed E-state index contributed by atoms with van der Waals surface area (Å²) in [5.74, 6) is 1.53. The zero-order valence-electron chi connectivity index (χ0n) is 10.4. The van der Waals surface area contributed by atoms with Gasteiger partial charge in [0, 0.05) is 42.5 Å². The van der Waals surface area contributed by atoms with Gasteiger partial charge in [0.15, 0.2) is 0 Å². The zero-order chi connectivity index (χ0) is 13.1. The van der Waals surface area contributed by atoms with Crippen LogP contribution in [-0.4, -0.2) is 16.6 Å². The van der Waals surface area contributed by atoms with E-state index in [2.05, 4.69) is 31.9 Å². The minimum atomic E-state index is 0.507. The van der Waals surface area contributed by atoms with Gasteiger partial charge in [-0.2, -0.15) is 0 Å². The summed E-state index contributed by atoms with van der Waals surface area (Å²) in [6.07, 6.45) is 3.76. The van der Waals surface area contributed by atoms with Crippen LogP contribution in [0.2, 0.25) is 0 Å². The molecule has 0 N–H and O–H groups in total. The molecule has 0 saturated carbocycles. The average molecular weight is 329 g/mol. The maximum atomic E-state index is 5.98. The van der Waals surface area contributed by atoms with Crippen molar-refractivity contribution >= 4 is 33.2 Å². The Labute approximate surface area is 121 Å². The second-order valence-corrected chi connectivity index (χ2v) is 5.40. The lowest BCUT2D eigenvalue weighted by Gasteiger charge is -2.22. The Morgan fingerprint density at radius 1 is 1.44 bits per heavy atom. The molecule has 0 spiro atoms. The van der Waals surface area contributed by atoms with Crippen molar-refractivity contribution in [3.05, 3.63) is 46.5 Å². The fraction of sp³-hybridized carbons (Fsp3) is 0.308. The van der Waals surface area contributed by atoms with Crippen molar-refractivity contribution in [1.82, 2.24) is 9.55 Å². The summed E-state index contributed by atoms with van der Waals surface area (Å²) in [6, 6.07) is 6.14. The third-order valence-electron chi connectivity index (χ3n) is 2.90. The Balaban J connectivity index is 2.25. The summed E-state index contributed by atoms with van der Waals surface area (Å²) in [5, 5.41) is 0. The number of aromatic nitrogens is 2. The Bertz CT molecular complexity index is 539. The molecule has 3 nitrogen and oxygen atoms in total. The number of anilines is 1. The third-order valence-corrected chi connectivity index (χ3v) is 3.68. The third kappa shape index (κ3) is 2.87. The van der Waals surface area contributed by atoms with Crippen molar-refractivity contribution in [3.63, 3.8) is 0 Å². The van der Waals surface area contributed by atoms with Gasteiger partial charge in [0.05, 0.1) is 6.54 Å². The first-order valence-corrected chi connectivity index (χ1v) is 6.96. The van der Waals surface area contributed by atoms with Crippen LogP contribution in [0.5, 0.6) is 0 Å². The van der Waals surface area contributed by atoms with Gasteiger partial charge in [-0.3, -0.25) is 0 Å². The smallest absolute Gasteiger partial charge is 0.127 e. The number of nitrogens with zero attached hydrogens (tertiary/aromatic N) is 3. The lowest BCUT2D eigenvalue weighted by molar-refractivity contribution is 0.760. The highest BCUT2D eigenvalue weighted by molar-refractivity contribution is 9.10. The van der Waals surface area contributed by atoms with Crippen LogP contribution >= 0.6 is 27.5 Å². The number of alkyl halides is 1. The Hall–Kier alpha value is -1.000. The molecule has 2 aromatic rings. The number of hydrogen-bond donors (Lipinski definition) is 0. The highest BCUT2D eigenvalue weighted by Crippen LogP contribution is 2.26. The van der Waals surface area contributed by atoms with E-state index in [-0.39, 0.29) is 0 Å². The molecule has 0 saturated heterocycles. The summed E-state index contributed by atoms with van der Waals surface area (Å²) < 4.78 is 3.08. The molecule has 5 heteroatoms. The Kier molecular flexibility index (Phi) is 4.30. The molecule has 0 atom stereocenters. The molecule has 2 rings (SSSR count). The summed E-state index contributed by atoms with van der Waals surface area (Å²) in [4.78, 5) is 6.49. The van der Waals surface area contributed by atoms with Crippen molar-refractivity contribution in [2.75, 3.05) is 11.9 Å². The number of aryl methyl sites for hydroxylation is 1. The number of rotatable bonds is 4. The molecule has 0 radical (unpaired) electrons. The van der Waals surface area contributed by atoms with Gasteiger partial charge in [-0.05, 0) is 17.7 Å². The molecule has 0 amide bonds. The molecule has 96 valence electrons. The summed E-state index contributed by atoms with van der Waals surface area (Å²) in [5.41, 5.74) is 2.25. The van der Waals surface area contributed by atoms with Gasteiger partial charge in [-0.15, -0.1) is 11.6 Å². The van der Waals surface area contributed by atoms with E-state index < -0.39 is 0 Å². The van der Waals surface area contributed by atoms with Crippen molar-refractivity contribution in [2.24, 2.45) is 7.05 Å². The Morgan fingerprint density at radius 3 is 2.83 bits per heavy atom. The van der Waals surface area contributed by atoms with Crippen LogP contribution in [-0.2, 0) is 19.5 Å². The molecule has 1 heterocycles. The maximum Gasteiger partial charge on any atom is 0.127 e. The summed E-state index contributed by atoms with van der Waals surface area (Å²) >= 11 is 9.47. The van der Waals surface area contributed by atoms with Crippen molar-refractivity contribution < 1.29 is 0 Å². The van der Waals surface area contributed by atoms with E-state index in [0.29, 0.717) is 5.88 Å². The monoisotopic (exact) mass is 327 g/mol. The van der Waals surface area contributed by atoms with Gasteiger partial charge in [0.25, 0.3) is 0 Å². The lowest BCUT2D eigenvalue weighted by Crippen LogP contribution is -2.20. The van der Waals surface area contributed by atoms with Crippen molar-refractivity contribution in [3.8, 4) is 0 Å². The quantitative estimate of drug-likeness (QED) is 0.800. The fourth-order valence-corrected chi connectivity index (χ4v) is 2.43. The highest BCUT2D eigenvalue weighted by Gasteiger charge is 2.10. The van der Waals surface area contributed by atoms with Crippen LogP contribution in [0, 0.1) is 0 Å². The highest BCUT2D eigenvalue weighted by atomic mass is 79.9. The van der Waals surface area contributed by atoms with E-state index in [9.17, 15) is 0 Å². The molecule has 0 aliphatic heterocycles. The second-order valence-electron chi connectivity index (χ2n) is 4.22. The topological polar surface area (TPSA) is 21.1 Å². The number of hydrogen-bond acceptors (Lipinski definition) is 2. The van der Waals surface area contributed by atoms with Crippen LogP contribution in [0.4, 0.5) is 5.69 Å². The standard InChI is InChI=1S/C13H15BrClN3/c1-17-6-5-16-13(17)9-18(2)12-7-11(14)4-3-10(12)8-15/h3-7H,8-9H2,1-2H3. The minimum absolute atomic E-state index is 0.507. The first-order chi connectivity index (χ1) is 8.61. The second kappa shape index (κ2) is 5.76. The minimum Gasteiger partial charge on any atom is -0.367 e. The first-order valence-electron chi connectivity index (χ1n) is 5.63. The molecular formula is C13H15BrClN3. The van der Waals surface area contributed by atoms with E-state index in [1.165, 1.54) is 0 Å². The predicted octanol–water partition coefficient (Wildman–Crippen LogP) is 3.56. The van der Waals surface area contributed by atoms with E-state index >= 15 is 0 Å². The van der Waals surface area contributed by atoms with Gasteiger partial charge < -0.3 is 9.47 Å². The fourth-order valence-electron chi connectivity index (χ4n) is 1.85. The maximum absolute atomic E-state index is 5.98. The molecule has 18 heavy (non-hydrogen) atoms. The first kappa shape index (κ1) is 13.4. The molecular weight excluding hydrogens is 314 g/mol. The van der Waals surface area contributed by atoms with E-state index in [1.807, 2.05) is 43.2 Å². The van der Waals surface area contributed by atoms with Gasteiger partial charge in [0.1, 0.15) is 5.82 Å². The number of benzene rings is 1. The van der Waals surface area contributed by atoms with Crippen LogP contribution in [0.15, 0.2) is 35.1 Å². The number of imidazole rings is 1. The lowest BCUT2D eigenvalue weighted by atomic mass is 10.2. The zero-order valence-corrected chi connectivity index (χ0v) is 12.7. The van der Waals surface area contributed by atoms with Gasteiger partial charge in [-0.1, -0.05) is 22.0 Å². The SMILES string of the molecule is CN(Cc1nccn1C)c1cc(Br)ccc1CCl. The Morgan fingerprint density at radius 2 is 2.22 bits per heavy atom. The van der Waals surface area contributed by atoms with Crippen LogP contribution in [0.1, 0.15) is 11.4 Å². The largest absolute Gasteiger partial charge is 0.367 e. The molecule has 0 unspecified atom stereocenters. The van der Waals surface area contributed by atoms with E-state index in [4.69, 9.17) is 11.6 Å². The van der Waals surface area contributed by atoms with Crippen LogP contribution in [0.3, 0.4) is 0 Å². The van der Waals surface area contributed by atoms with E-state index in [0.717, 1.165) is 28.1 Å². The number of halogens is 2. The van der Waals surface area contributed by atoms with Crippen LogP contribution < -0.4 is 4.90 Å². The van der Waals surface area contributed by atoms with E-state index in [1.54, 1.807) is 0 Å². The van der Waals surface area contributed by atoms with Gasteiger partial charge in [-0.25, -0.2) is 4.98 Å². The van der Waals surface area contributed by atoms with Crippen molar-refractivity contribution in [1.29, 1.82) is 0 Å². The molecule has 1 aromatic carbocycles. The van der Waals surface area contributed by atoms with Gasteiger partial charge >= 0.3 is 0 Å². The van der Waals surface area contributed by atoms with Gasteiger partial charge in [0.2, 0.25) is 0 Å². The molecule has 0 fully saturated rings. The predicted molar refractivity (Wildman–Crippen MR) is 79.0 cm³/mol. The molecule has 1 aromatic heterocycles. The molecule has 0 aliphatic carbocycles. The van der Waals surface area contributed by atoms with Crippen LogP contribution in [0.25, 0.3) is 0 Å². The summed E-state index contributed by atoms with van der Waals surface area (Å²) in [6.45, 7) is 0.754. The normalized spacial score (nSPS) is 10.7. The van der Waals surface area contributed by atoms with Crippen molar-refractivity contribution in [2.45, 2.75) is 12.4 Å². The summed E-state index contributed by atoms with van der Waals surface area (Å²) in [7, 11) is 4.05. The average Bonchev–Trinajstić information content (AvgIpc) is 2.75. The molecule has 0 bridgehead atoms. The molecule has 0 aliphatic rings.